The van der Waals surface area contributed by atoms with Crippen LogP contribution in [-0.2, 0) is 0 Å². The van der Waals surface area contributed by atoms with Crippen molar-refractivity contribution in [3.05, 3.63) is 17.0 Å². The Morgan fingerprint density at radius 3 is 2.38 bits per heavy atom. The van der Waals surface area contributed by atoms with E-state index >= 15 is 0 Å². The third-order valence-electron chi connectivity index (χ3n) is 2.04. The fourth-order valence-corrected chi connectivity index (χ4v) is 2.11. The van der Waals surface area contributed by atoms with E-state index in [1.165, 1.54) is 4.88 Å². The monoisotopic (exact) mass is 199 g/mol. The first-order valence-corrected chi connectivity index (χ1v) is 5.16. The number of nitrogens with two attached hydrogens (primary N) is 1. The Balaban J connectivity index is 2.83. The van der Waals surface area contributed by atoms with Crippen molar-refractivity contribution in [1.82, 2.24) is 0 Å². The average Bonchev–Trinajstić information content (AvgIpc) is 2.48. The van der Waals surface area contributed by atoms with Gasteiger partial charge in [-0.3, -0.25) is 0 Å². The second-order valence-corrected chi connectivity index (χ2v) is 5.28. The fraction of sp³-hybridized carbons (Fsp3) is 0.600. The van der Waals surface area contributed by atoms with E-state index in [-0.39, 0.29) is 11.5 Å². The van der Waals surface area contributed by atoms with Gasteiger partial charge in [0.25, 0.3) is 0 Å². The second-order valence-electron chi connectivity index (χ2n) is 4.20. The van der Waals surface area contributed by atoms with Gasteiger partial charge >= 0.3 is 0 Å². The Morgan fingerprint density at radius 2 is 2.00 bits per heavy atom. The van der Waals surface area contributed by atoms with Crippen LogP contribution in [0, 0.1) is 5.41 Å². The molecule has 0 aliphatic heterocycles. The standard InChI is InChI=1S/C10H17NOS/c1-10(2,3)9(11)7-5-6-8(12-4)13-7/h5-6,9H,11H2,1-4H3. The second kappa shape index (κ2) is 3.68. The van der Waals surface area contributed by atoms with Crippen molar-refractivity contribution >= 4 is 11.3 Å². The third kappa shape index (κ3) is 2.45. The van der Waals surface area contributed by atoms with E-state index in [4.69, 9.17) is 10.5 Å². The van der Waals surface area contributed by atoms with Crippen molar-refractivity contribution in [2.24, 2.45) is 11.1 Å². The average molecular weight is 199 g/mol. The fourth-order valence-electron chi connectivity index (χ4n) is 1.04. The summed E-state index contributed by atoms with van der Waals surface area (Å²) in [6.07, 6.45) is 0. The van der Waals surface area contributed by atoms with Crippen LogP contribution in [0.15, 0.2) is 12.1 Å². The molecular formula is C10H17NOS. The summed E-state index contributed by atoms with van der Waals surface area (Å²) < 4.78 is 5.12. The molecule has 1 aromatic rings. The quantitative estimate of drug-likeness (QED) is 0.795. The molecule has 0 amide bonds. The summed E-state index contributed by atoms with van der Waals surface area (Å²) in [5.74, 6) is 0. The predicted molar refractivity (Wildman–Crippen MR) is 57.3 cm³/mol. The molecule has 13 heavy (non-hydrogen) atoms. The van der Waals surface area contributed by atoms with Crippen LogP contribution in [0.5, 0.6) is 5.06 Å². The van der Waals surface area contributed by atoms with Crippen molar-refractivity contribution in [3.8, 4) is 5.06 Å². The molecule has 0 aliphatic carbocycles. The molecule has 0 saturated carbocycles. The molecular weight excluding hydrogens is 182 g/mol. The van der Waals surface area contributed by atoms with Gasteiger partial charge in [-0.05, 0) is 17.5 Å². The minimum absolute atomic E-state index is 0.0846. The van der Waals surface area contributed by atoms with Crippen LogP contribution < -0.4 is 10.5 Å². The molecule has 1 rings (SSSR count). The highest BCUT2D eigenvalue weighted by atomic mass is 32.1. The molecule has 0 saturated heterocycles. The van der Waals surface area contributed by atoms with E-state index in [0.717, 1.165) is 5.06 Å². The Morgan fingerprint density at radius 1 is 1.38 bits per heavy atom. The summed E-state index contributed by atoms with van der Waals surface area (Å²) in [6.45, 7) is 6.43. The highest BCUT2D eigenvalue weighted by Crippen LogP contribution is 2.36. The van der Waals surface area contributed by atoms with Crippen molar-refractivity contribution in [1.29, 1.82) is 0 Å². The van der Waals surface area contributed by atoms with Gasteiger partial charge in [-0.2, -0.15) is 0 Å². The zero-order valence-electron chi connectivity index (χ0n) is 8.63. The molecule has 1 aromatic heterocycles. The molecule has 0 spiro atoms. The van der Waals surface area contributed by atoms with Crippen LogP contribution in [-0.4, -0.2) is 7.11 Å². The van der Waals surface area contributed by atoms with Crippen molar-refractivity contribution in [3.63, 3.8) is 0 Å². The Bertz CT molecular complexity index is 275. The summed E-state index contributed by atoms with van der Waals surface area (Å²) in [7, 11) is 1.68. The van der Waals surface area contributed by atoms with Gasteiger partial charge in [0.1, 0.15) is 0 Å². The maximum absolute atomic E-state index is 6.09. The molecule has 2 N–H and O–H groups in total. The molecule has 1 heterocycles. The normalized spacial score (nSPS) is 14.2. The topological polar surface area (TPSA) is 35.2 Å². The number of rotatable bonds is 2. The highest BCUT2D eigenvalue weighted by Gasteiger charge is 2.23. The number of hydrogen-bond donors (Lipinski definition) is 1. The number of methoxy groups -OCH3 is 1. The van der Waals surface area contributed by atoms with Gasteiger partial charge < -0.3 is 10.5 Å². The van der Waals surface area contributed by atoms with Crippen molar-refractivity contribution in [2.45, 2.75) is 26.8 Å². The molecule has 0 bridgehead atoms. The summed E-state index contributed by atoms with van der Waals surface area (Å²) in [5, 5.41) is 0.926. The minimum Gasteiger partial charge on any atom is -0.487 e. The minimum atomic E-state index is 0.0846. The third-order valence-corrected chi connectivity index (χ3v) is 3.17. The van der Waals surface area contributed by atoms with Gasteiger partial charge in [-0.1, -0.05) is 20.8 Å². The van der Waals surface area contributed by atoms with Crippen LogP contribution in [0.4, 0.5) is 0 Å². The Hall–Kier alpha value is -0.540. The molecule has 0 radical (unpaired) electrons. The van der Waals surface area contributed by atoms with E-state index < -0.39 is 0 Å². The molecule has 0 aromatic carbocycles. The SMILES string of the molecule is COc1ccc(C(N)C(C)(C)C)s1. The Labute approximate surface area is 83.7 Å². The maximum Gasteiger partial charge on any atom is 0.173 e. The van der Waals surface area contributed by atoms with Crippen LogP contribution in [0.3, 0.4) is 0 Å². The van der Waals surface area contributed by atoms with E-state index in [1.807, 2.05) is 12.1 Å². The van der Waals surface area contributed by atoms with Gasteiger partial charge in [0.2, 0.25) is 0 Å². The molecule has 74 valence electrons. The van der Waals surface area contributed by atoms with Gasteiger partial charge in [0.15, 0.2) is 5.06 Å². The lowest BCUT2D eigenvalue weighted by Gasteiger charge is -2.25. The van der Waals surface area contributed by atoms with E-state index in [1.54, 1.807) is 18.4 Å². The smallest absolute Gasteiger partial charge is 0.173 e. The molecule has 2 nitrogen and oxygen atoms in total. The van der Waals surface area contributed by atoms with Crippen molar-refractivity contribution in [2.75, 3.05) is 7.11 Å². The zero-order valence-corrected chi connectivity index (χ0v) is 9.44. The predicted octanol–water partition coefficient (Wildman–Crippen LogP) is 2.80. The summed E-state index contributed by atoms with van der Waals surface area (Å²) in [5.41, 5.74) is 6.20. The summed E-state index contributed by atoms with van der Waals surface area (Å²) >= 11 is 1.62. The highest BCUT2D eigenvalue weighted by molar-refractivity contribution is 7.13. The van der Waals surface area contributed by atoms with Gasteiger partial charge in [-0.15, -0.1) is 11.3 Å². The van der Waals surface area contributed by atoms with Crippen LogP contribution in [0.25, 0.3) is 0 Å². The number of hydrogen-bond acceptors (Lipinski definition) is 3. The lowest BCUT2D eigenvalue weighted by molar-refractivity contribution is 0.331. The first-order chi connectivity index (χ1) is 5.95. The largest absolute Gasteiger partial charge is 0.487 e. The molecule has 0 aliphatic rings. The van der Waals surface area contributed by atoms with E-state index in [2.05, 4.69) is 20.8 Å². The maximum atomic E-state index is 6.09. The summed E-state index contributed by atoms with van der Waals surface area (Å²) in [4.78, 5) is 1.18. The van der Waals surface area contributed by atoms with Gasteiger partial charge in [0.05, 0.1) is 7.11 Å². The van der Waals surface area contributed by atoms with Crippen LogP contribution in [0.2, 0.25) is 0 Å². The van der Waals surface area contributed by atoms with Gasteiger partial charge in [-0.25, -0.2) is 0 Å². The first kappa shape index (κ1) is 10.5. The summed E-state index contributed by atoms with van der Waals surface area (Å²) in [6, 6.07) is 4.09. The molecule has 1 atom stereocenters. The lowest BCUT2D eigenvalue weighted by atomic mass is 9.87. The van der Waals surface area contributed by atoms with Gasteiger partial charge in [0, 0.05) is 10.9 Å². The lowest BCUT2D eigenvalue weighted by Crippen LogP contribution is -2.25. The van der Waals surface area contributed by atoms with Crippen LogP contribution >= 0.6 is 11.3 Å². The number of thiophene rings is 1. The van der Waals surface area contributed by atoms with Crippen LogP contribution in [0.1, 0.15) is 31.7 Å². The molecule has 1 unspecified atom stereocenters. The van der Waals surface area contributed by atoms with E-state index in [9.17, 15) is 0 Å². The molecule has 3 heteroatoms. The number of ether oxygens (including phenoxy) is 1. The zero-order chi connectivity index (χ0) is 10.1. The van der Waals surface area contributed by atoms with Crippen molar-refractivity contribution < 1.29 is 4.74 Å². The first-order valence-electron chi connectivity index (χ1n) is 4.34. The van der Waals surface area contributed by atoms with E-state index in [0.29, 0.717) is 0 Å². The Kier molecular flexibility index (Phi) is 2.98. The molecule has 0 fully saturated rings.